The van der Waals surface area contributed by atoms with E-state index in [1.54, 1.807) is 6.20 Å². The van der Waals surface area contributed by atoms with E-state index < -0.39 is 0 Å². The minimum Gasteiger partial charge on any atom is -0.375 e. The number of hydrogen-bond acceptors (Lipinski definition) is 6. The largest absolute Gasteiger partial charge is 0.375 e. The van der Waals surface area contributed by atoms with Crippen LogP contribution >= 0.6 is 11.3 Å². The molecule has 0 aromatic carbocycles. The summed E-state index contributed by atoms with van der Waals surface area (Å²) in [4.78, 5) is 22.6. The van der Waals surface area contributed by atoms with E-state index in [9.17, 15) is 4.79 Å². The van der Waals surface area contributed by atoms with Crippen molar-refractivity contribution < 1.29 is 14.3 Å². The molecule has 1 amide bonds. The van der Waals surface area contributed by atoms with Crippen LogP contribution in [0.1, 0.15) is 28.9 Å². The third-order valence-corrected chi connectivity index (χ3v) is 5.25. The Kier molecular flexibility index (Phi) is 3.88. The number of anilines is 1. The molecule has 0 aliphatic carbocycles. The van der Waals surface area contributed by atoms with Crippen molar-refractivity contribution in [2.75, 3.05) is 18.5 Å². The average Bonchev–Trinajstić information content (AvgIpc) is 3.24. The SMILES string of the molecule is Cn1ccnc1[C@@H]1OCC[C@H]1C(=O)Nc1nc2c(s1)COCC2. The maximum Gasteiger partial charge on any atom is 0.232 e. The molecule has 0 saturated carbocycles. The van der Waals surface area contributed by atoms with Gasteiger partial charge in [-0.3, -0.25) is 4.79 Å². The van der Waals surface area contributed by atoms with Gasteiger partial charge in [0.15, 0.2) is 5.13 Å². The first-order chi connectivity index (χ1) is 11.2. The second kappa shape index (κ2) is 6.03. The highest BCUT2D eigenvalue weighted by atomic mass is 32.1. The number of ether oxygens (including phenoxy) is 2. The summed E-state index contributed by atoms with van der Waals surface area (Å²) in [7, 11) is 1.91. The fourth-order valence-electron chi connectivity index (χ4n) is 3.04. The summed E-state index contributed by atoms with van der Waals surface area (Å²) in [6.07, 6.45) is 4.79. The molecular formula is C15H18N4O3S. The standard InChI is InChI=1S/C15H18N4O3S/c1-19-5-4-16-13(19)12-9(2-7-22-12)14(20)18-15-17-10-3-6-21-8-11(10)23-15/h4-5,9,12H,2-3,6-8H2,1H3,(H,17,18,20)/t9-,12-/m1/s1. The molecule has 0 spiro atoms. The predicted molar refractivity (Wildman–Crippen MR) is 84.1 cm³/mol. The second-order valence-corrected chi connectivity index (χ2v) is 6.85. The number of aryl methyl sites for hydroxylation is 1. The second-order valence-electron chi connectivity index (χ2n) is 5.76. The van der Waals surface area contributed by atoms with E-state index in [-0.39, 0.29) is 17.9 Å². The zero-order valence-electron chi connectivity index (χ0n) is 12.8. The van der Waals surface area contributed by atoms with Crippen LogP contribution in [0.5, 0.6) is 0 Å². The summed E-state index contributed by atoms with van der Waals surface area (Å²) in [5.41, 5.74) is 1.04. The van der Waals surface area contributed by atoms with Crippen LogP contribution in [0, 0.1) is 5.92 Å². The van der Waals surface area contributed by atoms with Crippen LogP contribution in [0.3, 0.4) is 0 Å². The number of aromatic nitrogens is 3. The van der Waals surface area contributed by atoms with Crippen LogP contribution in [0.25, 0.3) is 0 Å². The van der Waals surface area contributed by atoms with Gasteiger partial charge in [0, 0.05) is 32.5 Å². The van der Waals surface area contributed by atoms with Crippen molar-refractivity contribution in [1.29, 1.82) is 0 Å². The number of hydrogen-bond donors (Lipinski definition) is 1. The van der Waals surface area contributed by atoms with E-state index >= 15 is 0 Å². The molecule has 0 radical (unpaired) electrons. The Bertz CT molecular complexity index is 703. The van der Waals surface area contributed by atoms with Crippen molar-refractivity contribution in [2.45, 2.75) is 25.6 Å². The number of nitrogens with zero attached hydrogens (tertiary/aromatic N) is 3. The van der Waals surface area contributed by atoms with Crippen molar-refractivity contribution in [3.8, 4) is 0 Å². The van der Waals surface area contributed by atoms with E-state index in [1.807, 2.05) is 17.8 Å². The lowest BCUT2D eigenvalue weighted by Crippen LogP contribution is -2.26. The normalized spacial score (nSPS) is 23.7. The van der Waals surface area contributed by atoms with Crippen molar-refractivity contribution in [1.82, 2.24) is 14.5 Å². The maximum absolute atomic E-state index is 12.7. The van der Waals surface area contributed by atoms with Gasteiger partial charge in [0.05, 0.1) is 29.7 Å². The summed E-state index contributed by atoms with van der Waals surface area (Å²) in [5, 5.41) is 3.60. The number of thiazole rings is 1. The van der Waals surface area contributed by atoms with Gasteiger partial charge in [0.2, 0.25) is 5.91 Å². The Morgan fingerprint density at radius 1 is 1.48 bits per heavy atom. The van der Waals surface area contributed by atoms with Crippen molar-refractivity contribution in [2.24, 2.45) is 13.0 Å². The van der Waals surface area contributed by atoms with Crippen LogP contribution in [0.15, 0.2) is 12.4 Å². The van der Waals surface area contributed by atoms with E-state index in [0.29, 0.717) is 31.4 Å². The average molecular weight is 334 g/mol. The highest BCUT2D eigenvalue weighted by Gasteiger charge is 2.38. The van der Waals surface area contributed by atoms with Gasteiger partial charge in [-0.25, -0.2) is 9.97 Å². The number of amides is 1. The smallest absolute Gasteiger partial charge is 0.232 e. The van der Waals surface area contributed by atoms with Gasteiger partial charge >= 0.3 is 0 Å². The first-order valence-electron chi connectivity index (χ1n) is 7.68. The molecule has 2 aliphatic rings. The predicted octanol–water partition coefficient (Wildman–Crippen LogP) is 1.67. The Morgan fingerprint density at radius 3 is 3.17 bits per heavy atom. The lowest BCUT2D eigenvalue weighted by molar-refractivity contribution is -0.121. The fraction of sp³-hybridized carbons (Fsp3) is 0.533. The number of fused-ring (bicyclic) bond motifs is 1. The highest BCUT2D eigenvalue weighted by Crippen LogP contribution is 2.35. The molecule has 0 bridgehead atoms. The highest BCUT2D eigenvalue weighted by molar-refractivity contribution is 7.15. The summed E-state index contributed by atoms with van der Waals surface area (Å²) < 4.78 is 13.1. The van der Waals surface area contributed by atoms with Crippen LogP contribution in [-0.2, 0) is 34.3 Å². The Morgan fingerprint density at radius 2 is 2.39 bits per heavy atom. The van der Waals surface area contributed by atoms with Crippen molar-refractivity contribution >= 4 is 22.4 Å². The minimum absolute atomic E-state index is 0.0532. The maximum atomic E-state index is 12.7. The molecule has 1 saturated heterocycles. The Labute approximate surface area is 137 Å². The van der Waals surface area contributed by atoms with Gasteiger partial charge < -0.3 is 19.4 Å². The third kappa shape index (κ3) is 2.77. The lowest BCUT2D eigenvalue weighted by atomic mass is 10.00. The molecular weight excluding hydrogens is 316 g/mol. The van der Waals surface area contributed by atoms with Gasteiger partial charge in [-0.15, -0.1) is 0 Å². The molecule has 2 atom stereocenters. The topological polar surface area (TPSA) is 78.3 Å². The molecule has 0 unspecified atom stereocenters. The van der Waals surface area contributed by atoms with E-state index in [2.05, 4.69) is 15.3 Å². The number of imidazole rings is 1. The van der Waals surface area contributed by atoms with Crippen LogP contribution < -0.4 is 5.32 Å². The van der Waals surface area contributed by atoms with E-state index in [1.165, 1.54) is 11.3 Å². The zero-order valence-corrected chi connectivity index (χ0v) is 13.6. The molecule has 4 rings (SSSR count). The zero-order chi connectivity index (χ0) is 15.8. The van der Waals surface area contributed by atoms with Crippen LogP contribution in [0.2, 0.25) is 0 Å². The molecule has 4 heterocycles. The molecule has 122 valence electrons. The first-order valence-corrected chi connectivity index (χ1v) is 8.50. The van der Waals surface area contributed by atoms with Gasteiger partial charge in [0.25, 0.3) is 0 Å². The minimum atomic E-state index is -0.298. The summed E-state index contributed by atoms with van der Waals surface area (Å²) in [6, 6.07) is 0. The molecule has 1 N–H and O–H groups in total. The number of carbonyl (C=O) groups excluding carboxylic acids is 1. The number of nitrogens with one attached hydrogen (secondary N) is 1. The van der Waals surface area contributed by atoms with Crippen molar-refractivity contribution in [3.63, 3.8) is 0 Å². The Balaban J connectivity index is 1.50. The van der Waals surface area contributed by atoms with Crippen LogP contribution in [-0.4, -0.2) is 33.7 Å². The molecule has 7 nitrogen and oxygen atoms in total. The van der Waals surface area contributed by atoms with Gasteiger partial charge in [-0.05, 0) is 6.42 Å². The molecule has 8 heteroatoms. The Hall–Kier alpha value is -1.77. The quantitative estimate of drug-likeness (QED) is 0.924. The van der Waals surface area contributed by atoms with Gasteiger partial charge in [-0.1, -0.05) is 11.3 Å². The van der Waals surface area contributed by atoms with Gasteiger partial charge in [0.1, 0.15) is 11.9 Å². The molecule has 2 aromatic heterocycles. The number of rotatable bonds is 3. The van der Waals surface area contributed by atoms with E-state index in [4.69, 9.17) is 9.47 Å². The molecule has 1 fully saturated rings. The summed E-state index contributed by atoms with van der Waals surface area (Å²) >= 11 is 1.49. The molecule has 2 aromatic rings. The molecule has 23 heavy (non-hydrogen) atoms. The van der Waals surface area contributed by atoms with Gasteiger partial charge in [-0.2, -0.15) is 0 Å². The summed E-state index contributed by atoms with van der Waals surface area (Å²) in [5.74, 6) is 0.491. The molecule has 2 aliphatic heterocycles. The first kappa shape index (κ1) is 14.8. The third-order valence-electron chi connectivity index (χ3n) is 4.27. The monoisotopic (exact) mass is 334 g/mol. The number of carbonyl (C=O) groups is 1. The summed E-state index contributed by atoms with van der Waals surface area (Å²) in [6.45, 7) is 1.85. The van der Waals surface area contributed by atoms with Crippen molar-refractivity contribution in [3.05, 3.63) is 28.8 Å². The fourth-order valence-corrected chi connectivity index (χ4v) is 3.99. The lowest BCUT2D eigenvalue weighted by Gasteiger charge is -2.17. The van der Waals surface area contributed by atoms with E-state index in [0.717, 1.165) is 22.8 Å². The van der Waals surface area contributed by atoms with Crippen LogP contribution in [0.4, 0.5) is 5.13 Å².